The molecule has 2 aromatic heterocycles. The average Bonchev–Trinajstić information content (AvgIpc) is 2.94. The van der Waals surface area contributed by atoms with Gasteiger partial charge in [-0.1, -0.05) is 19.9 Å². The van der Waals surface area contributed by atoms with Crippen LogP contribution in [-0.4, -0.2) is 15.5 Å². The van der Waals surface area contributed by atoms with Crippen LogP contribution in [0, 0.1) is 0 Å². The van der Waals surface area contributed by atoms with Crippen LogP contribution in [0.2, 0.25) is 0 Å². The molecular formula is C15H19N3O2S. The molecule has 0 fully saturated rings. The lowest BCUT2D eigenvalue weighted by Crippen LogP contribution is -2.33. The summed E-state index contributed by atoms with van der Waals surface area (Å²) in [6.07, 6.45) is 1.44. The number of hydrogen-bond acceptors (Lipinski definition) is 4. The largest absolute Gasteiger partial charge is 0.347 e. The first-order valence-corrected chi connectivity index (χ1v) is 7.74. The summed E-state index contributed by atoms with van der Waals surface area (Å²) in [7, 11) is 0. The number of amides is 1. The van der Waals surface area contributed by atoms with Crippen molar-refractivity contribution in [1.29, 1.82) is 0 Å². The first-order valence-electron chi connectivity index (χ1n) is 6.86. The molecule has 2 heterocycles. The number of aromatic nitrogens is 2. The second-order valence-electron chi connectivity index (χ2n) is 5.24. The topological polar surface area (TPSA) is 64.0 Å². The number of carbonyl (C=O) groups excluding carboxylic acids is 1. The van der Waals surface area contributed by atoms with Gasteiger partial charge >= 0.3 is 0 Å². The monoisotopic (exact) mass is 305 g/mol. The molecule has 0 radical (unpaired) electrons. The highest BCUT2D eigenvalue weighted by molar-refractivity contribution is 7.10. The maximum absolute atomic E-state index is 12.0. The van der Waals surface area contributed by atoms with Gasteiger partial charge in [0.25, 0.3) is 5.56 Å². The predicted octanol–water partition coefficient (Wildman–Crippen LogP) is 2.31. The molecule has 0 aromatic carbocycles. The molecule has 1 atom stereocenters. The third-order valence-corrected chi connectivity index (χ3v) is 4.21. The van der Waals surface area contributed by atoms with Crippen LogP contribution in [0.1, 0.15) is 43.3 Å². The van der Waals surface area contributed by atoms with E-state index in [1.807, 2.05) is 38.3 Å². The van der Waals surface area contributed by atoms with Crippen molar-refractivity contribution in [2.24, 2.45) is 0 Å². The van der Waals surface area contributed by atoms with E-state index in [1.165, 1.54) is 17.0 Å². The summed E-state index contributed by atoms with van der Waals surface area (Å²) in [6, 6.07) is 5.35. The van der Waals surface area contributed by atoms with Gasteiger partial charge < -0.3 is 5.32 Å². The summed E-state index contributed by atoms with van der Waals surface area (Å²) in [5.41, 5.74) is 0.538. The van der Waals surface area contributed by atoms with Crippen LogP contribution in [0.4, 0.5) is 0 Å². The predicted molar refractivity (Wildman–Crippen MR) is 83.5 cm³/mol. The highest BCUT2D eigenvalue weighted by Crippen LogP contribution is 2.17. The third-order valence-electron chi connectivity index (χ3n) is 3.15. The summed E-state index contributed by atoms with van der Waals surface area (Å²) in [5.74, 6) is -0.00266. The Morgan fingerprint density at radius 3 is 2.76 bits per heavy atom. The lowest BCUT2D eigenvalue weighted by molar-refractivity contribution is -0.122. The van der Waals surface area contributed by atoms with Crippen LogP contribution in [0.25, 0.3) is 0 Å². The number of rotatable bonds is 5. The second kappa shape index (κ2) is 6.67. The van der Waals surface area contributed by atoms with Crippen molar-refractivity contribution in [2.75, 3.05) is 0 Å². The zero-order chi connectivity index (χ0) is 15.4. The molecule has 1 amide bonds. The molecule has 2 rings (SSSR count). The first-order chi connectivity index (χ1) is 9.97. The first kappa shape index (κ1) is 15.4. The molecule has 0 aliphatic heterocycles. The Kier molecular flexibility index (Phi) is 4.90. The summed E-state index contributed by atoms with van der Waals surface area (Å²) < 4.78 is 1.32. The summed E-state index contributed by atoms with van der Waals surface area (Å²) in [4.78, 5) is 29.2. The van der Waals surface area contributed by atoms with Crippen molar-refractivity contribution in [1.82, 2.24) is 14.9 Å². The molecule has 0 saturated carbocycles. The minimum absolute atomic E-state index is 0.0140. The molecule has 2 aromatic rings. The van der Waals surface area contributed by atoms with E-state index in [2.05, 4.69) is 10.3 Å². The molecule has 6 heteroatoms. The molecule has 0 spiro atoms. The SMILES string of the molecule is CC(C)c1cc(=O)n(CC(=O)N[C@H](C)c2cccs2)cn1. The third kappa shape index (κ3) is 4.01. The molecule has 0 saturated heterocycles. The van der Waals surface area contributed by atoms with E-state index in [1.54, 1.807) is 11.3 Å². The van der Waals surface area contributed by atoms with Gasteiger partial charge in [-0.05, 0) is 24.3 Å². The number of nitrogens with one attached hydrogen (secondary N) is 1. The minimum Gasteiger partial charge on any atom is -0.347 e. The van der Waals surface area contributed by atoms with Gasteiger partial charge in [-0.25, -0.2) is 4.98 Å². The van der Waals surface area contributed by atoms with Crippen LogP contribution in [0.5, 0.6) is 0 Å². The second-order valence-corrected chi connectivity index (χ2v) is 6.22. The highest BCUT2D eigenvalue weighted by Gasteiger charge is 2.12. The summed E-state index contributed by atoms with van der Waals surface area (Å²) >= 11 is 1.59. The number of thiophene rings is 1. The summed E-state index contributed by atoms with van der Waals surface area (Å²) in [6.45, 7) is 5.86. The van der Waals surface area contributed by atoms with Gasteiger partial charge in [-0.3, -0.25) is 14.2 Å². The van der Waals surface area contributed by atoms with Crippen molar-refractivity contribution in [3.05, 3.63) is 50.8 Å². The molecular weight excluding hydrogens is 286 g/mol. The quantitative estimate of drug-likeness (QED) is 0.922. The molecule has 1 N–H and O–H groups in total. The highest BCUT2D eigenvalue weighted by atomic mass is 32.1. The van der Waals surface area contributed by atoms with E-state index in [0.29, 0.717) is 0 Å². The average molecular weight is 305 g/mol. The van der Waals surface area contributed by atoms with Crippen molar-refractivity contribution >= 4 is 17.2 Å². The Morgan fingerprint density at radius 1 is 1.43 bits per heavy atom. The normalized spacial score (nSPS) is 12.4. The number of nitrogens with zero attached hydrogens (tertiary/aromatic N) is 2. The molecule has 0 unspecified atom stereocenters. The van der Waals surface area contributed by atoms with E-state index in [4.69, 9.17) is 0 Å². The molecule has 21 heavy (non-hydrogen) atoms. The van der Waals surface area contributed by atoms with Crippen molar-refractivity contribution < 1.29 is 4.79 Å². The number of hydrogen-bond donors (Lipinski definition) is 1. The van der Waals surface area contributed by atoms with Crippen LogP contribution in [0.15, 0.2) is 34.7 Å². The van der Waals surface area contributed by atoms with Crippen LogP contribution in [0.3, 0.4) is 0 Å². The van der Waals surface area contributed by atoms with Crippen molar-refractivity contribution in [3.8, 4) is 0 Å². The van der Waals surface area contributed by atoms with E-state index in [9.17, 15) is 9.59 Å². The molecule has 5 nitrogen and oxygen atoms in total. The standard InChI is InChI=1S/C15H19N3O2S/c1-10(2)12-7-15(20)18(9-16-12)8-14(19)17-11(3)13-5-4-6-21-13/h4-7,9-11H,8H2,1-3H3,(H,17,19)/t11-/m1/s1. The molecule has 0 bridgehead atoms. The fourth-order valence-corrected chi connectivity index (χ4v) is 2.66. The van der Waals surface area contributed by atoms with Crippen LogP contribution < -0.4 is 10.9 Å². The maximum atomic E-state index is 12.0. The van der Waals surface area contributed by atoms with E-state index in [0.717, 1.165) is 10.6 Å². The van der Waals surface area contributed by atoms with E-state index < -0.39 is 0 Å². The van der Waals surface area contributed by atoms with Gasteiger partial charge in [0.2, 0.25) is 5.91 Å². The van der Waals surface area contributed by atoms with Gasteiger partial charge in [0.15, 0.2) is 0 Å². The zero-order valence-electron chi connectivity index (χ0n) is 12.4. The van der Waals surface area contributed by atoms with Crippen molar-refractivity contribution in [3.63, 3.8) is 0 Å². The molecule has 112 valence electrons. The Balaban J connectivity index is 2.01. The fraction of sp³-hybridized carbons (Fsp3) is 0.400. The van der Waals surface area contributed by atoms with Gasteiger partial charge in [-0.2, -0.15) is 0 Å². The summed E-state index contributed by atoms with van der Waals surface area (Å²) in [5, 5.41) is 4.85. The lowest BCUT2D eigenvalue weighted by Gasteiger charge is -2.13. The lowest BCUT2D eigenvalue weighted by atomic mass is 10.1. The Morgan fingerprint density at radius 2 is 2.19 bits per heavy atom. The molecule has 0 aliphatic rings. The Bertz CT molecular complexity index is 662. The number of carbonyl (C=O) groups is 1. The van der Waals surface area contributed by atoms with Crippen LogP contribution >= 0.6 is 11.3 Å². The minimum atomic E-state index is -0.201. The van der Waals surface area contributed by atoms with Gasteiger partial charge in [0, 0.05) is 10.9 Å². The van der Waals surface area contributed by atoms with Gasteiger partial charge in [-0.15, -0.1) is 11.3 Å². The van der Waals surface area contributed by atoms with Gasteiger partial charge in [0.1, 0.15) is 6.54 Å². The zero-order valence-corrected chi connectivity index (χ0v) is 13.2. The Labute approximate surface area is 127 Å². The van der Waals surface area contributed by atoms with Gasteiger partial charge in [0.05, 0.1) is 18.1 Å². The van der Waals surface area contributed by atoms with Crippen molar-refractivity contribution in [2.45, 2.75) is 39.3 Å². The van der Waals surface area contributed by atoms with Crippen LogP contribution in [-0.2, 0) is 11.3 Å². The van der Waals surface area contributed by atoms with E-state index in [-0.39, 0.29) is 30.0 Å². The van der Waals surface area contributed by atoms with E-state index >= 15 is 0 Å². The fourth-order valence-electron chi connectivity index (χ4n) is 1.93. The maximum Gasteiger partial charge on any atom is 0.254 e. The Hall–Kier alpha value is -1.95. The smallest absolute Gasteiger partial charge is 0.254 e. The molecule has 0 aliphatic carbocycles.